The molecule has 4 heterocycles. The second kappa shape index (κ2) is 4.28. The van der Waals surface area contributed by atoms with Crippen LogP contribution in [0.4, 0.5) is 5.13 Å². The summed E-state index contributed by atoms with van der Waals surface area (Å²) in [6.07, 6.45) is 5.25. The summed E-state index contributed by atoms with van der Waals surface area (Å²) in [5, 5.41) is 17.8. The molecule has 100 valence electrons. The molecule has 19 heavy (non-hydrogen) atoms. The summed E-state index contributed by atoms with van der Waals surface area (Å²) in [5.74, 6) is 0. The molecule has 1 atom stereocenters. The average molecular weight is 277 g/mol. The molecular weight excluding hydrogens is 262 g/mol. The van der Waals surface area contributed by atoms with Crippen LogP contribution in [-0.2, 0) is 0 Å². The van der Waals surface area contributed by atoms with Crippen molar-refractivity contribution in [3.05, 3.63) is 12.3 Å². The van der Waals surface area contributed by atoms with Gasteiger partial charge in [0.1, 0.15) is 12.0 Å². The Bertz CT molecular complexity index is 555. The first-order valence-electron chi connectivity index (χ1n) is 6.60. The van der Waals surface area contributed by atoms with Gasteiger partial charge in [-0.25, -0.2) is 0 Å². The molecule has 2 aromatic heterocycles. The summed E-state index contributed by atoms with van der Waals surface area (Å²) < 4.78 is 4.86. The van der Waals surface area contributed by atoms with Crippen molar-refractivity contribution in [1.82, 2.24) is 20.7 Å². The van der Waals surface area contributed by atoms with E-state index >= 15 is 0 Å². The van der Waals surface area contributed by atoms with Crippen molar-refractivity contribution in [2.24, 2.45) is 0 Å². The van der Waals surface area contributed by atoms with Gasteiger partial charge in [-0.05, 0) is 25.8 Å². The maximum atomic E-state index is 4.86. The molecular formula is C12H15N5OS. The predicted molar refractivity (Wildman–Crippen MR) is 72.2 cm³/mol. The third kappa shape index (κ3) is 1.76. The van der Waals surface area contributed by atoms with E-state index in [4.69, 9.17) is 4.52 Å². The highest BCUT2D eigenvalue weighted by Gasteiger charge is 2.44. The second-order valence-corrected chi connectivity index (χ2v) is 6.14. The van der Waals surface area contributed by atoms with Crippen LogP contribution in [0.25, 0.3) is 10.7 Å². The Morgan fingerprint density at radius 2 is 2.37 bits per heavy atom. The number of nitrogens with one attached hydrogen (secondary N) is 1. The van der Waals surface area contributed by atoms with Gasteiger partial charge in [0.05, 0.1) is 5.54 Å². The zero-order chi connectivity index (χ0) is 12.7. The fourth-order valence-electron chi connectivity index (χ4n) is 3.16. The monoisotopic (exact) mass is 277 g/mol. The molecule has 1 unspecified atom stereocenters. The van der Waals surface area contributed by atoms with Crippen molar-refractivity contribution < 1.29 is 4.52 Å². The Balaban J connectivity index is 1.65. The summed E-state index contributed by atoms with van der Waals surface area (Å²) in [7, 11) is 0. The molecule has 6 nitrogen and oxygen atoms in total. The summed E-state index contributed by atoms with van der Waals surface area (Å²) in [6, 6.07) is 1.82. The first-order chi connectivity index (χ1) is 9.37. The van der Waals surface area contributed by atoms with Crippen LogP contribution >= 0.6 is 11.3 Å². The maximum absolute atomic E-state index is 4.86. The Morgan fingerprint density at radius 3 is 3.16 bits per heavy atom. The molecule has 0 amide bonds. The van der Waals surface area contributed by atoms with E-state index in [0.29, 0.717) is 0 Å². The van der Waals surface area contributed by atoms with Crippen LogP contribution in [0.5, 0.6) is 0 Å². The van der Waals surface area contributed by atoms with E-state index in [-0.39, 0.29) is 5.54 Å². The Labute approximate surface area is 114 Å². The van der Waals surface area contributed by atoms with Gasteiger partial charge in [-0.1, -0.05) is 16.5 Å². The van der Waals surface area contributed by atoms with E-state index in [2.05, 4.69) is 25.6 Å². The lowest BCUT2D eigenvalue weighted by Crippen LogP contribution is -2.45. The lowest BCUT2D eigenvalue weighted by molar-refractivity contribution is 0.422. The fraction of sp³-hybridized carbons (Fsp3) is 0.583. The van der Waals surface area contributed by atoms with Gasteiger partial charge in [-0.15, -0.1) is 10.2 Å². The summed E-state index contributed by atoms with van der Waals surface area (Å²) in [5.41, 5.74) is 1.03. The second-order valence-electron chi connectivity index (χ2n) is 5.18. The van der Waals surface area contributed by atoms with Crippen LogP contribution in [0.2, 0.25) is 0 Å². The zero-order valence-electron chi connectivity index (χ0n) is 10.5. The molecule has 4 rings (SSSR count). The molecule has 1 spiro atoms. The third-order valence-electron chi connectivity index (χ3n) is 4.12. The Kier molecular flexibility index (Phi) is 2.56. The van der Waals surface area contributed by atoms with Crippen LogP contribution in [0, 0.1) is 0 Å². The van der Waals surface area contributed by atoms with Gasteiger partial charge in [0, 0.05) is 19.2 Å². The summed E-state index contributed by atoms with van der Waals surface area (Å²) >= 11 is 1.60. The van der Waals surface area contributed by atoms with Gasteiger partial charge in [0.25, 0.3) is 0 Å². The minimum absolute atomic E-state index is 0.265. The molecule has 0 bridgehead atoms. The van der Waals surface area contributed by atoms with Gasteiger partial charge >= 0.3 is 0 Å². The highest BCUT2D eigenvalue weighted by atomic mass is 32.1. The van der Waals surface area contributed by atoms with Crippen LogP contribution in [0.15, 0.2) is 16.9 Å². The van der Waals surface area contributed by atoms with Crippen molar-refractivity contribution >= 4 is 16.5 Å². The lowest BCUT2D eigenvalue weighted by Gasteiger charge is -2.33. The van der Waals surface area contributed by atoms with E-state index in [0.717, 1.165) is 35.5 Å². The van der Waals surface area contributed by atoms with Crippen molar-refractivity contribution in [2.75, 3.05) is 24.5 Å². The minimum Gasteiger partial charge on any atom is -0.364 e. The molecule has 0 aromatic carbocycles. The first-order valence-corrected chi connectivity index (χ1v) is 7.42. The van der Waals surface area contributed by atoms with Crippen LogP contribution in [0.3, 0.4) is 0 Å². The van der Waals surface area contributed by atoms with E-state index in [9.17, 15) is 0 Å². The molecule has 0 aliphatic carbocycles. The molecule has 0 saturated carbocycles. The smallest absolute Gasteiger partial charge is 0.209 e. The molecule has 2 aliphatic heterocycles. The van der Waals surface area contributed by atoms with Crippen molar-refractivity contribution in [1.29, 1.82) is 0 Å². The fourth-order valence-corrected chi connectivity index (χ4v) is 4.10. The minimum atomic E-state index is 0.265. The standard InChI is InChI=1S/C12H15N5OS/c1-3-12(4-5-13-8-12)17(6-1)11-15-14-10(19-11)9-2-7-18-16-9/h2,7,13H,1,3-6,8H2. The topological polar surface area (TPSA) is 67.1 Å². The SMILES string of the molecule is c1cc(-c2nnc(N3CCCC34CCNC4)s2)no1. The molecule has 2 aliphatic rings. The lowest BCUT2D eigenvalue weighted by atomic mass is 9.96. The van der Waals surface area contributed by atoms with E-state index in [1.807, 2.05) is 6.07 Å². The van der Waals surface area contributed by atoms with Gasteiger partial charge < -0.3 is 14.7 Å². The third-order valence-corrected chi connectivity index (χ3v) is 5.09. The number of aromatic nitrogens is 3. The quantitative estimate of drug-likeness (QED) is 0.898. The average Bonchev–Trinajstić information content (AvgIpc) is 3.18. The largest absolute Gasteiger partial charge is 0.364 e. The number of anilines is 1. The van der Waals surface area contributed by atoms with Crippen LogP contribution in [0.1, 0.15) is 19.3 Å². The molecule has 2 aromatic rings. The van der Waals surface area contributed by atoms with E-state index in [1.165, 1.54) is 19.3 Å². The predicted octanol–water partition coefficient (Wildman–Crippen LogP) is 1.53. The van der Waals surface area contributed by atoms with Crippen molar-refractivity contribution in [3.8, 4) is 10.7 Å². The molecule has 2 saturated heterocycles. The molecule has 1 N–H and O–H groups in total. The number of hydrogen-bond donors (Lipinski definition) is 1. The number of hydrogen-bond acceptors (Lipinski definition) is 7. The Hall–Kier alpha value is -1.47. The van der Waals surface area contributed by atoms with E-state index < -0.39 is 0 Å². The van der Waals surface area contributed by atoms with Gasteiger partial charge in [-0.3, -0.25) is 0 Å². The van der Waals surface area contributed by atoms with Crippen molar-refractivity contribution in [3.63, 3.8) is 0 Å². The van der Waals surface area contributed by atoms with Gasteiger partial charge in [0.15, 0.2) is 5.01 Å². The molecule has 7 heteroatoms. The molecule has 0 radical (unpaired) electrons. The van der Waals surface area contributed by atoms with Gasteiger partial charge in [-0.2, -0.15) is 0 Å². The summed E-state index contributed by atoms with van der Waals surface area (Å²) in [4.78, 5) is 2.44. The zero-order valence-corrected chi connectivity index (χ0v) is 11.3. The maximum Gasteiger partial charge on any atom is 0.209 e. The first kappa shape index (κ1) is 11.4. The highest BCUT2D eigenvalue weighted by Crippen LogP contribution is 2.40. The molecule has 2 fully saturated rings. The van der Waals surface area contributed by atoms with E-state index in [1.54, 1.807) is 17.6 Å². The normalized spacial score (nSPS) is 26.6. The summed E-state index contributed by atoms with van der Waals surface area (Å²) in [6.45, 7) is 3.24. The van der Waals surface area contributed by atoms with Crippen molar-refractivity contribution in [2.45, 2.75) is 24.8 Å². The van der Waals surface area contributed by atoms with Gasteiger partial charge in [0.2, 0.25) is 5.13 Å². The van der Waals surface area contributed by atoms with Crippen LogP contribution < -0.4 is 10.2 Å². The number of nitrogens with zero attached hydrogens (tertiary/aromatic N) is 4. The number of rotatable bonds is 2. The Morgan fingerprint density at radius 1 is 1.37 bits per heavy atom. The highest BCUT2D eigenvalue weighted by molar-refractivity contribution is 7.18. The van der Waals surface area contributed by atoms with Crippen LogP contribution in [-0.4, -0.2) is 40.5 Å².